The van der Waals surface area contributed by atoms with Crippen LogP contribution in [-0.4, -0.2) is 26.2 Å². The second kappa shape index (κ2) is 2.96. The van der Waals surface area contributed by atoms with Crippen LogP contribution in [0.4, 0.5) is 0 Å². The Hall–Kier alpha value is -0.570. The number of nitrogens with one attached hydrogen (secondary N) is 1. The van der Waals surface area contributed by atoms with Gasteiger partial charge in [-0.15, -0.1) is 0 Å². The lowest BCUT2D eigenvalue weighted by Crippen LogP contribution is -2.32. The van der Waals surface area contributed by atoms with Crippen LogP contribution in [-0.2, 0) is 9.53 Å². The highest BCUT2D eigenvalue weighted by Crippen LogP contribution is 2.56. The van der Waals surface area contributed by atoms with Gasteiger partial charge in [-0.05, 0) is 49.6 Å². The van der Waals surface area contributed by atoms with Crippen LogP contribution in [0, 0.1) is 29.6 Å². The number of esters is 1. The molecule has 3 aliphatic rings. The zero-order valence-corrected chi connectivity index (χ0v) is 8.53. The number of hydrogen-bond acceptors (Lipinski definition) is 3. The minimum Gasteiger partial charge on any atom is -0.469 e. The fraction of sp³-hybridized carbons (Fsp3) is 0.909. The molecule has 0 aromatic carbocycles. The quantitative estimate of drug-likeness (QED) is 0.624. The van der Waals surface area contributed by atoms with E-state index in [1.807, 2.05) is 0 Å². The fourth-order valence-corrected chi connectivity index (χ4v) is 4.06. The number of rotatable bonds is 1. The third kappa shape index (κ3) is 0.991. The molecule has 2 bridgehead atoms. The molecule has 0 aromatic heterocycles. The van der Waals surface area contributed by atoms with Crippen molar-refractivity contribution in [2.24, 2.45) is 29.6 Å². The Morgan fingerprint density at radius 1 is 1.21 bits per heavy atom. The van der Waals surface area contributed by atoms with Crippen molar-refractivity contribution in [1.29, 1.82) is 0 Å². The molecule has 3 heteroatoms. The molecule has 1 heterocycles. The Kier molecular flexibility index (Phi) is 1.84. The van der Waals surface area contributed by atoms with E-state index in [0.717, 1.165) is 30.7 Å². The predicted molar refractivity (Wildman–Crippen MR) is 51.6 cm³/mol. The molecule has 0 amide bonds. The van der Waals surface area contributed by atoms with Gasteiger partial charge in [0.05, 0.1) is 13.0 Å². The lowest BCUT2D eigenvalue weighted by atomic mass is 9.76. The maximum atomic E-state index is 11.5. The lowest BCUT2D eigenvalue weighted by Gasteiger charge is -2.28. The van der Waals surface area contributed by atoms with E-state index < -0.39 is 0 Å². The van der Waals surface area contributed by atoms with E-state index in [-0.39, 0.29) is 11.9 Å². The molecule has 2 saturated carbocycles. The van der Waals surface area contributed by atoms with E-state index in [1.54, 1.807) is 0 Å². The lowest BCUT2D eigenvalue weighted by molar-refractivity contribution is -0.148. The maximum absolute atomic E-state index is 11.5. The fourth-order valence-electron chi connectivity index (χ4n) is 4.06. The summed E-state index contributed by atoms with van der Waals surface area (Å²) in [5, 5.41) is 3.45. The Labute approximate surface area is 84.2 Å². The Morgan fingerprint density at radius 3 is 2.79 bits per heavy atom. The number of fused-ring (bicyclic) bond motifs is 5. The average molecular weight is 195 g/mol. The topological polar surface area (TPSA) is 38.3 Å². The van der Waals surface area contributed by atoms with Crippen molar-refractivity contribution < 1.29 is 9.53 Å². The van der Waals surface area contributed by atoms with Crippen LogP contribution in [0.3, 0.4) is 0 Å². The van der Waals surface area contributed by atoms with E-state index in [4.69, 9.17) is 4.74 Å². The van der Waals surface area contributed by atoms with Gasteiger partial charge in [-0.25, -0.2) is 0 Å². The van der Waals surface area contributed by atoms with Gasteiger partial charge in [0.15, 0.2) is 0 Å². The molecule has 1 saturated heterocycles. The Balaban J connectivity index is 1.80. The van der Waals surface area contributed by atoms with E-state index in [9.17, 15) is 4.79 Å². The first-order valence-electron chi connectivity index (χ1n) is 5.60. The Morgan fingerprint density at radius 2 is 2.00 bits per heavy atom. The third-order valence-electron chi connectivity index (χ3n) is 4.62. The number of carbonyl (C=O) groups excluding carboxylic acids is 1. The van der Waals surface area contributed by atoms with Crippen molar-refractivity contribution in [3.05, 3.63) is 0 Å². The summed E-state index contributed by atoms with van der Waals surface area (Å²) in [7, 11) is 1.51. The van der Waals surface area contributed by atoms with Crippen LogP contribution in [0.5, 0.6) is 0 Å². The largest absolute Gasteiger partial charge is 0.469 e. The standard InChI is InChI=1S/C11H17NO2/c1-14-11(13)8-3-6-2-7(8)10-5-12-4-9(6)10/h6-10,12H,2-5H2,1H3. The van der Waals surface area contributed by atoms with Crippen LogP contribution in [0.15, 0.2) is 0 Å². The van der Waals surface area contributed by atoms with Gasteiger partial charge in [-0.3, -0.25) is 4.79 Å². The molecule has 1 N–H and O–H groups in total. The molecule has 1 aliphatic heterocycles. The molecule has 5 unspecified atom stereocenters. The second-order valence-corrected chi connectivity index (χ2v) is 5.01. The maximum Gasteiger partial charge on any atom is 0.308 e. The summed E-state index contributed by atoms with van der Waals surface area (Å²) in [5.74, 6) is 3.28. The summed E-state index contributed by atoms with van der Waals surface area (Å²) < 4.78 is 4.88. The molecule has 3 nitrogen and oxygen atoms in total. The van der Waals surface area contributed by atoms with Crippen molar-refractivity contribution >= 4 is 5.97 Å². The summed E-state index contributed by atoms with van der Waals surface area (Å²) >= 11 is 0. The van der Waals surface area contributed by atoms with Gasteiger partial charge in [0.2, 0.25) is 0 Å². The molecule has 3 rings (SSSR count). The second-order valence-electron chi connectivity index (χ2n) is 5.01. The van der Waals surface area contributed by atoms with Crippen LogP contribution in [0.2, 0.25) is 0 Å². The summed E-state index contributed by atoms with van der Waals surface area (Å²) in [6.07, 6.45) is 2.36. The number of hydrogen-bond donors (Lipinski definition) is 1. The third-order valence-corrected chi connectivity index (χ3v) is 4.62. The highest BCUT2D eigenvalue weighted by Gasteiger charge is 2.56. The highest BCUT2D eigenvalue weighted by atomic mass is 16.5. The first kappa shape index (κ1) is 8.72. The van der Waals surface area contributed by atoms with Crippen LogP contribution in [0.25, 0.3) is 0 Å². The van der Waals surface area contributed by atoms with Gasteiger partial charge < -0.3 is 10.1 Å². The molecule has 5 atom stereocenters. The smallest absolute Gasteiger partial charge is 0.308 e. The number of methoxy groups -OCH3 is 1. The van der Waals surface area contributed by atoms with Gasteiger partial charge in [-0.1, -0.05) is 0 Å². The highest BCUT2D eigenvalue weighted by molar-refractivity contribution is 5.73. The molecular formula is C11H17NO2. The van der Waals surface area contributed by atoms with E-state index in [2.05, 4.69) is 5.32 Å². The van der Waals surface area contributed by atoms with E-state index in [0.29, 0.717) is 5.92 Å². The zero-order chi connectivity index (χ0) is 9.71. The van der Waals surface area contributed by atoms with Crippen molar-refractivity contribution in [3.63, 3.8) is 0 Å². The van der Waals surface area contributed by atoms with Gasteiger partial charge >= 0.3 is 5.97 Å². The minimum atomic E-state index is 0.0304. The van der Waals surface area contributed by atoms with Crippen molar-refractivity contribution in [1.82, 2.24) is 5.32 Å². The molecule has 14 heavy (non-hydrogen) atoms. The zero-order valence-electron chi connectivity index (χ0n) is 8.53. The van der Waals surface area contributed by atoms with Crippen molar-refractivity contribution in [2.75, 3.05) is 20.2 Å². The van der Waals surface area contributed by atoms with E-state index >= 15 is 0 Å². The Bertz CT molecular complexity index is 266. The summed E-state index contributed by atoms with van der Waals surface area (Å²) in [6, 6.07) is 0. The molecule has 0 aromatic rings. The SMILES string of the molecule is COC(=O)C1CC2CC1C1CNCC21. The normalized spacial score (nSPS) is 49.4. The van der Waals surface area contributed by atoms with Gasteiger partial charge in [0.25, 0.3) is 0 Å². The van der Waals surface area contributed by atoms with Crippen molar-refractivity contribution in [3.8, 4) is 0 Å². The van der Waals surface area contributed by atoms with Gasteiger partial charge in [-0.2, -0.15) is 0 Å². The molecule has 0 radical (unpaired) electrons. The number of carbonyl (C=O) groups is 1. The molecule has 0 spiro atoms. The molecule has 2 aliphatic carbocycles. The predicted octanol–water partition coefficient (Wildman–Crippen LogP) is 0.651. The molecule has 3 fully saturated rings. The van der Waals surface area contributed by atoms with Crippen LogP contribution >= 0.6 is 0 Å². The van der Waals surface area contributed by atoms with Crippen LogP contribution in [0.1, 0.15) is 12.8 Å². The van der Waals surface area contributed by atoms with Crippen LogP contribution < -0.4 is 5.32 Å². The van der Waals surface area contributed by atoms with Crippen molar-refractivity contribution in [2.45, 2.75) is 12.8 Å². The molecular weight excluding hydrogens is 178 g/mol. The average Bonchev–Trinajstić information content (AvgIpc) is 2.86. The van der Waals surface area contributed by atoms with Gasteiger partial charge in [0, 0.05) is 0 Å². The molecule has 78 valence electrons. The first-order valence-corrected chi connectivity index (χ1v) is 5.60. The van der Waals surface area contributed by atoms with Gasteiger partial charge in [0.1, 0.15) is 0 Å². The minimum absolute atomic E-state index is 0.0304. The summed E-state index contributed by atoms with van der Waals surface area (Å²) in [4.78, 5) is 11.5. The number of ether oxygens (including phenoxy) is 1. The summed E-state index contributed by atoms with van der Waals surface area (Å²) in [5.41, 5.74) is 0. The first-order chi connectivity index (χ1) is 6.81. The summed E-state index contributed by atoms with van der Waals surface area (Å²) in [6.45, 7) is 2.30. The van der Waals surface area contributed by atoms with E-state index in [1.165, 1.54) is 20.1 Å². The monoisotopic (exact) mass is 195 g/mol.